The Morgan fingerprint density at radius 1 is 1.30 bits per heavy atom. The quantitative estimate of drug-likeness (QED) is 0.909. The lowest BCUT2D eigenvalue weighted by Crippen LogP contribution is -2.14. The van der Waals surface area contributed by atoms with Crippen LogP contribution in [-0.2, 0) is 0 Å². The van der Waals surface area contributed by atoms with Gasteiger partial charge < -0.3 is 9.73 Å². The predicted molar refractivity (Wildman–Crippen MR) is 77.0 cm³/mol. The van der Waals surface area contributed by atoms with Crippen molar-refractivity contribution in [2.45, 2.75) is 20.8 Å². The molecule has 0 aliphatic rings. The number of furan rings is 1. The Bertz CT molecular complexity index is 726. The average molecular weight is 289 g/mol. The summed E-state index contributed by atoms with van der Waals surface area (Å²) in [7, 11) is 0. The number of carbonyl (C=O) groups excluding carboxylic acids is 1. The highest BCUT2D eigenvalue weighted by atomic mass is 35.5. The van der Waals surface area contributed by atoms with Gasteiger partial charge in [0.05, 0.1) is 16.8 Å². The number of rotatable bonds is 2. The Morgan fingerprint density at radius 2 is 2.00 bits per heavy atom. The van der Waals surface area contributed by atoms with Crippen molar-refractivity contribution in [1.29, 1.82) is 5.26 Å². The summed E-state index contributed by atoms with van der Waals surface area (Å²) >= 11 is 5.89. The lowest BCUT2D eigenvalue weighted by atomic mass is 10.1. The molecule has 0 saturated heterocycles. The minimum Gasteiger partial charge on any atom is -0.466 e. The van der Waals surface area contributed by atoms with Gasteiger partial charge in [0.15, 0.2) is 0 Å². The van der Waals surface area contributed by atoms with Crippen molar-refractivity contribution in [3.8, 4) is 6.07 Å². The zero-order valence-corrected chi connectivity index (χ0v) is 12.1. The van der Waals surface area contributed by atoms with Gasteiger partial charge in [0.2, 0.25) is 0 Å². The van der Waals surface area contributed by atoms with Crippen LogP contribution in [0.15, 0.2) is 22.6 Å². The van der Waals surface area contributed by atoms with Crippen molar-refractivity contribution in [2.75, 3.05) is 5.32 Å². The highest BCUT2D eigenvalue weighted by Crippen LogP contribution is 2.24. The summed E-state index contributed by atoms with van der Waals surface area (Å²) in [5.74, 6) is 0.952. The largest absolute Gasteiger partial charge is 0.466 e. The second kappa shape index (κ2) is 5.40. The van der Waals surface area contributed by atoms with Crippen LogP contribution < -0.4 is 5.32 Å². The van der Waals surface area contributed by atoms with Crippen LogP contribution in [-0.4, -0.2) is 5.91 Å². The molecule has 2 aromatic rings. The number of hydrogen-bond acceptors (Lipinski definition) is 3. The van der Waals surface area contributed by atoms with E-state index >= 15 is 0 Å². The molecule has 1 amide bonds. The number of aryl methyl sites for hydroxylation is 2. The molecule has 5 heteroatoms. The third-order valence-electron chi connectivity index (χ3n) is 3.14. The van der Waals surface area contributed by atoms with Crippen molar-refractivity contribution < 1.29 is 9.21 Å². The lowest BCUT2D eigenvalue weighted by Gasteiger charge is -2.07. The van der Waals surface area contributed by atoms with E-state index in [2.05, 4.69) is 5.32 Å². The third-order valence-corrected chi connectivity index (χ3v) is 3.37. The number of amides is 1. The van der Waals surface area contributed by atoms with Crippen LogP contribution in [0.4, 0.5) is 5.69 Å². The van der Waals surface area contributed by atoms with Crippen LogP contribution in [0, 0.1) is 32.1 Å². The van der Waals surface area contributed by atoms with Gasteiger partial charge in [0.1, 0.15) is 17.6 Å². The second-order valence-corrected chi connectivity index (χ2v) is 4.91. The molecule has 1 aromatic heterocycles. The average Bonchev–Trinajstić information content (AvgIpc) is 2.63. The van der Waals surface area contributed by atoms with Gasteiger partial charge in [-0.3, -0.25) is 4.79 Å². The summed E-state index contributed by atoms with van der Waals surface area (Å²) in [5, 5.41) is 12.2. The summed E-state index contributed by atoms with van der Waals surface area (Å²) in [6.07, 6.45) is 0. The van der Waals surface area contributed by atoms with E-state index in [1.54, 1.807) is 32.0 Å². The minimum atomic E-state index is -0.310. The highest BCUT2D eigenvalue weighted by molar-refractivity contribution is 6.31. The molecule has 2 rings (SSSR count). The van der Waals surface area contributed by atoms with E-state index in [0.29, 0.717) is 33.4 Å². The number of nitriles is 1. The first-order valence-corrected chi connectivity index (χ1v) is 6.39. The van der Waals surface area contributed by atoms with Gasteiger partial charge in [0.25, 0.3) is 5.91 Å². The van der Waals surface area contributed by atoms with Crippen molar-refractivity contribution in [3.05, 3.63) is 51.4 Å². The van der Waals surface area contributed by atoms with Crippen LogP contribution >= 0.6 is 11.6 Å². The lowest BCUT2D eigenvalue weighted by molar-refractivity contribution is 0.102. The molecule has 0 spiro atoms. The Hall–Kier alpha value is -2.25. The Labute approximate surface area is 122 Å². The number of nitrogens with zero attached hydrogens (tertiary/aromatic N) is 1. The molecule has 1 heterocycles. The first-order valence-electron chi connectivity index (χ1n) is 6.01. The number of anilines is 1. The smallest absolute Gasteiger partial charge is 0.259 e. The minimum absolute atomic E-state index is 0.310. The van der Waals surface area contributed by atoms with Gasteiger partial charge in [-0.25, -0.2) is 0 Å². The number of halogens is 1. The molecule has 1 aromatic carbocycles. The van der Waals surface area contributed by atoms with Gasteiger partial charge in [-0.2, -0.15) is 5.26 Å². The van der Waals surface area contributed by atoms with E-state index in [9.17, 15) is 4.79 Å². The van der Waals surface area contributed by atoms with E-state index in [1.165, 1.54) is 0 Å². The van der Waals surface area contributed by atoms with Gasteiger partial charge in [-0.15, -0.1) is 0 Å². The van der Waals surface area contributed by atoms with E-state index in [-0.39, 0.29) is 5.91 Å². The van der Waals surface area contributed by atoms with E-state index in [4.69, 9.17) is 21.3 Å². The Morgan fingerprint density at radius 3 is 2.55 bits per heavy atom. The number of nitrogens with one attached hydrogen (secondary N) is 1. The zero-order chi connectivity index (χ0) is 14.9. The van der Waals surface area contributed by atoms with Crippen molar-refractivity contribution >= 4 is 23.2 Å². The fourth-order valence-electron chi connectivity index (χ4n) is 2.03. The maximum absolute atomic E-state index is 12.3. The first-order chi connectivity index (χ1) is 9.43. The van der Waals surface area contributed by atoms with Crippen LogP contribution in [0.1, 0.15) is 33.0 Å². The monoisotopic (exact) mass is 288 g/mol. The number of carbonyl (C=O) groups is 1. The summed E-state index contributed by atoms with van der Waals surface area (Å²) in [5.41, 5.74) is 2.04. The molecule has 0 radical (unpaired) electrons. The Kier molecular flexibility index (Phi) is 3.82. The molecule has 4 nitrogen and oxygen atoms in total. The van der Waals surface area contributed by atoms with E-state index < -0.39 is 0 Å². The highest BCUT2D eigenvalue weighted by Gasteiger charge is 2.19. The van der Waals surface area contributed by atoms with Gasteiger partial charge in [-0.1, -0.05) is 11.6 Å². The fourth-order valence-corrected chi connectivity index (χ4v) is 2.20. The van der Waals surface area contributed by atoms with E-state index in [0.717, 1.165) is 5.56 Å². The molecule has 102 valence electrons. The maximum Gasteiger partial charge on any atom is 0.259 e. The van der Waals surface area contributed by atoms with Crippen LogP contribution in [0.25, 0.3) is 0 Å². The molecule has 0 saturated carbocycles. The zero-order valence-electron chi connectivity index (χ0n) is 11.4. The molecular formula is C15H13ClN2O2. The SMILES string of the molecule is Cc1oc(C)c(C(=O)Nc2cc(Cl)ccc2C#N)c1C. The molecule has 0 unspecified atom stereocenters. The molecule has 20 heavy (non-hydrogen) atoms. The van der Waals surface area contributed by atoms with Crippen LogP contribution in [0.5, 0.6) is 0 Å². The molecule has 0 aliphatic carbocycles. The second-order valence-electron chi connectivity index (χ2n) is 4.47. The third kappa shape index (κ3) is 2.54. The normalized spacial score (nSPS) is 10.2. The maximum atomic E-state index is 12.3. The van der Waals surface area contributed by atoms with E-state index in [1.807, 2.05) is 13.0 Å². The van der Waals surface area contributed by atoms with Crippen LogP contribution in [0.3, 0.4) is 0 Å². The van der Waals surface area contributed by atoms with Crippen molar-refractivity contribution in [1.82, 2.24) is 0 Å². The summed E-state index contributed by atoms with van der Waals surface area (Å²) < 4.78 is 5.43. The van der Waals surface area contributed by atoms with Crippen LogP contribution in [0.2, 0.25) is 5.02 Å². The summed E-state index contributed by atoms with van der Waals surface area (Å²) in [6, 6.07) is 6.74. The molecule has 1 N–H and O–H groups in total. The summed E-state index contributed by atoms with van der Waals surface area (Å²) in [4.78, 5) is 12.3. The molecule has 0 fully saturated rings. The fraction of sp³-hybridized carbons (Fsp3) is 0.200. The standard InChI is InChI=1S/C15H13ClN2O2/c1-8-9(2)20-10(3)14(8)15(19)18-13-6-12(16)5-4-11(13)7-17/h4-6H,1-3H3,(H,18,19). The van der Waals surface area contributed by atoms with Gasteiger partial charge in [0, 0.05) is 10.6 Å². The van der Waals surface area contributed by atoms with Crippen molar-refractivity contribution in [2.24, 2.45) is 0 Å². The first kappa shape index (κ1) is 14.2. The number of benzene rings is 1. The predicted octanol–water partition coefficient (Wildman–Crippen LogP) is 3.98. The molecular weight excluding hydrogens is 276 g/mol. The molecule has 0 atom stereocenters. The Balaban J connectivity index is 2.38. The number of hydrogen-bond donors (Lipinski definition) is 1. The van der Waals surface area contributed by atoms with Gasteiger partial charge >= 0.3 is 0 Å². The van der Waals surface area contributed by atoms with Crippen molar-refractivity contribution in [3.63, 3.8) is 0 Å². The van der Waals surface area contributed by atoms with Gasteiger partial charge in [-0.05, 0) is 39.0 Å². The molecule has 0 aliphatic heterocycles. The molecule has 0 bridgehead atoms. The summed E-state index contributed by atoms with van der Waals surface area (Å²) in [6.45, 7) is 5.36. The topological polar surface area (TPSA) is 66.0 Å².